The van der Waals surface area contributed by atoms with E-state index in [0.29, 0.717) is 17.7 Å². The van der Waals surface area contributed by atoms with Crippen molar-refractivity contribution in [3.05, 3.63) is 11.9 Å². The van der Waals surface area contributed by atoms with Crippen LogP contribution in [0.3, 0.4) is 0 Å². The van der Waals surface area contributed by atoms with E-state index in [1.165, 1.54) is 19.3 Å². The first-order chi connectivity index (χ1) is 9.49. The standard InChI is InChI=1S/C15H25N3O2/c1-15(2)8-6-5-7-10(15)12(16)13-14(20-4)18-11(19-3)9-17-13/h9-10,12H,5-8,16H2,1-4H3. The zero-order valence-corrected chi connectivity index (χ0v) is 12.8. The maximum Gasteiger partial charge on any atom is 0.240 e. The van der Waals surface area contributed by atoms with E-state index in [1.807, 2.05) is 0 Å². The molecule has 1 heterocycles. The third-order valence-electron chi connectivity index (χ3n) is 4.49. The zero-order valence-electron chi connectivity index (χ0n) is 12.8. The van der Waals surface area contributed by atoms with Crippen LogP contribution in [0.25, 0.3) is 0 Å². The minimum atomic E-state index is -0.154. The Morgan fingerprint density at radius 2 is 2.05 bits per heavy atom. The van der Waals surface area contributed by atoms with Crippen molar-refractivity contribution in [2.24, 2.45) is 17.1 Å². The van der Waals surface area contributed by atoms with Gasteiger partial charge in [0.05, 0.1) is 26.5 Å². The smallest absolute Gasteiger partial charge is 0.240 e. The summed E-state index contributed by atoms with van der Waals surface area (Å²) in [6, 6.07) is -0.154. The van der Waals surface area contributed by atoms with Crippen molar-refractivity contribution in [3.8, 4) is 11.8 Å². The van der Waals surface area contributed by atoms with E-state index in [0.717, 1.165) is 12.1 Å². The van der Waals surface area contributed by atoms with Gasteiger partial charge in [0.15, 0.2) is 0 Å². The highest BCUT2D eigenvalue weighted by Gasteiger charge is 2.38. The van der Waals surface area contributed by atoms with Crippen LogP contribution in [-0.2, 0) is 0 Å². The number of ether oxygens (including phenoxy) is 2. The van der Waals surface area contributed by atoms with Crippen molar-refractivity contribution >= 4 is 0 Å². The predicted octanol–water partition coefficient (Wildman–Crippen LogP) is 2.71. The van der Waals surface area contributed by atoms with Crippen molar-refractivity contribution in [1.82, 2.24) is 9.97 Å². The quantitative estimate of drug-likeness (QED) is 0.917. The fourth-order valence-electron chi connectivity index (χ4n) is 3.22. The summed E-state index contributed by atoms with van der Waals surface area (Å²) in [4.78, 5) is 8.71. The van der Waals surface area contributed by atoms with Gasteiger partial charge in [-0.15, -0.1) is 0 Å². The topological polar surface area (TPSA) is 70.3 Å². The van der Waals surface area contributed by atoms with Crippen LogP contribution in [0.4, 0.5) is 0 Å². The number of aromatic nitrogens is 2. The van der Waals surface area contributed by atoms with E-state index in [9.17, 15) is 0 Å². The van der Waals surface area contributed by atoms with Crippen molar-refractivity contribution in [2.45, 2.75) is 45.6 Å². The first-order valence-electron chi connectivity index (χ1n) is 7.20. The molecule has 1 aliphatic rings. The van der Waals surface area contributed by atoms with Crippen molar-refractivity contribution < 1.29 is 9.47 Å². The van der Waals surface area contributed by atoms with E-state index in [2.05, 4.69) is 23.8 Å². The predicted molar refractivity (Wildman–Crippen MR) is 77.8 cm³/mol. The van der Waals surface area contributed by atoms with Crippen LogP contribution in [0.1, 0.15) is 51.3 Å². The lowest BCUT2D eigenvalue weighted by molar-refractivity contribution is 0.110. The number of methoxy groups -OCH3 is 2. The molecule has 20 heavy (non-hydrogen) atoms. The summed E-state index contributed by atoms with van der Waals surface area (Å²) in [6.07, 6.45) is 6.45. The third-order valence-corrected chi connectivity index (χ3v) is 4.49. The average Bonchev–Trinajstić information content (AvgIpc) is 2.45. The highest BCUT2D eigenvalue weighted by molar-refractivity contribution is 5.26. The molecule has 112 valence electrons. The van der Waals surface area contributed by atoms with Gasteiger partial charge in [-0.05, 0) is 24.2 Å². The molecule has 5 heteroatoms. The van der Waals surface area contributed by atoms with Gasteiger partial charge in [-0.1, -0.05) is 26.7 Å². The van der Waals surface area contributed by atoms with Gasteiger partial charge in [-0.25, -0.2) is 4.98 Å². The zero-order chi connectivity index (χ0) is 14.8. The Morgan fingerprint density at radius 1 is 1.30 bits per heavy atom. The van der Waals surface area contributed by atoms with Gasteiger partial charge < -0.3 is 15.2 Å². The molecule has 5 nitrogen and oxygen atoms in total. The lowest BCUT2D eigenvalue weighted by Crippen LogP contribution is -2.37. The molecule has 1 saturated carbocycles. The normalized spacial score (nSPS) is 23.1. The molecule has 0 bridgehead atoms. The number of hydrogen-bond donors (Lipinski definition) is 1. The van der Waals surface area contributed by atoms with Crippen LogP contribution < -0.4 is 15.2 Å². The van der Waals surface area contributed by atoms with Gasteiger partial charge in [0.2, 0.25) is 11.8 Å². The fraction of sp³-hybridized carbons (Fsp3) is 0.733. The molecular formula is C15H25N3O2. The Kier molecular flexibility index (Phi) is 4.48. The molecule has 2 unspecified atom stereocenters. The molecule has 0 aromatic carbocycles. The molecule has 0 radical (unpaired) electrons. The SMILES string of the molecule is COc1cnc(C(N)C2CCCCC2(C)C)c(OC)n1. The number of hydrogen-bond acceptors (Lipinski definition) is 5. The van der Waals surface area contributed by atoms with Crippen LogP contribution in [0.5, 0.6) is 11.8 Å². The molecule has 1 aliphatic carbocycles. The third kappa shape index (κ3) is 2.87. The number of rotatable bonds is 4. The lowest BCUT2D eigenvalue weighted by atomic mass is 9.65. The Bertz CT molecular complexity index is 462. The van der Waals surface area contributed by atoms with Gasteiger partial charge in [-0.2, -0.15) is 4.98 Å². The summed E-state index contributed by atoms with van der Waals surface area (Å²) in [5.41, 5.74) is 7.45. The van der Waals surface area contributed by atoms with Gasteiger partial charge in [0.25, 0.3) is 0 Å². The van der Waals surface area contributed by atoms with E-state index in [-0.39, 0.29) is 11.5 Å². The van der Waals surface area contributed by atoms with E-state index in [1.54, 1.807) is 20.4 Å². The molecule has 2 rings (SSSR count). The minimum Gasteiger partial charge on any atom is -0.480 e. The van der Waals surface area contributed by atoms with Gasteiger partial charge in [0.1, 0.15) is 5.69 Å². The monoisotopic (exact) mass is 279 g/mol. The molecule has 0 saturated heterocycles. The average molecular weight is 279 g/mol. The van der Waals surface area contributed by atoms with Crippen LogP contribution in [-0.4, -0.2) is 24.2 Å². The van der Waals surface area contributed by atoms with E-state index >= 15 is 0 Å². The van der Waals surface area contributed by atoms with E-state index in [4.69, 9.17) is 15.2 Å². The molecule has 2 atom stereocenters. The summed E-state index contributed by atoms with van der Waals surface area (Å²) < 4.78 is 10.4. The molecule has 0 aliphatic heterocycles. The Balaban J connectivity index is 2.30. The molecule has 1 fully saturated rings. The van der Waals surface area contributed by atoms with Gasteiger partial charge in [0, 0.05) is 0 Å². The van der Waals surface area contributed by atoms with Crippen molar-refractivity contribution in [1.29, 1.82) is 0 Å². The van der Waals surface area contributed by atoms with E-state index < -0.39 is 0 Å². The maximum atomic E-state index is 6.49. The number of nitrogens with zero attached hydrogens (tertiary/aromatic N) is 2. The lowest BCUT2D eigenvalue weighted by Gasteiger charge is -2.41. The summed E-state index contributed by atoms with van der Waals surface area (Å²) in [5, 5.41) is 0. The van der Waals surface area contributed by atoms with Crippen LogP contribution >= 0.6 is 0 Å². The fourth-order valence-corrected chi connectivity index (χ4v) is 3.22. The Morgan fingerprint density at radius 3 is 2.65 bits per heavy atom. The Labute approximate surface area is 120 Å². The first kappa shape index (κ1) is 15.0. The van der Waals surface area contributed by atoms with Crippen molar-refractivity contribution in [2.75, 3.05) is 14.2 Å². The largest absolute Gasteiger partial charge is 0.480 e. The minimum absolute atomic E-state index is 0.154. The summed E-state index contributed by atoms with van der Waals surface area (Å²) >= 11 is 0. The van der Waals surface area contributed by atoms with Crippen LogP contribution in [0.2, 0.25) is 0 Å². The molecule has 0 spiro atoms. The highest BCUT2D eigenvalue weighted by Crippen LogP contribution is 2.46. The van der Waals surface area contributed by atoms with Gasteiger partial charge >= 0.3 is 0 Å². The van der Waals surface area contributed by atoms with Crippen LogP contribution in [0, 0.1) is 11.3 Å². The van der Waals surface area contributed by atoms with Crippen LogP contribution in [0.15, 0.2) is 6.20 Å². The second-order valence-corrected chi connectivity index (χ2v) is 6.17. The molecule has 1 aromatic rings. The molecular weight excluding hydrogens is 254 g/mol. The van der Waals surface area contributed by atoms with Crippen molar-refractivity contribution in [3.63, 3.8) is 0 Å². The summed E-state index contributed by atoms with van der Waals surface area (Å²) in [6.45, 7) is 4.58. The Hall–Kier alpha value is -1.36. The number of nitrogens with two attached hydrogens (primary N) is 1. The molecule has 1 aromatic heterocycles. The summed E-state index contributed by atoms with van der Waals surface area (Å²) in [7, 11) is 3.15. The first-order valence-corrected chi connectivity index (χ1v) is 7.20. The highest BCUT2D eigenvalue weighted by atomic mass is 16.5. The second-order valence-electron chi connectivity index (χ2n) is 6.17. The molecule has 2 N–H and O–H groups in total. The van der Waals surface area contributed by atoms with Gasteiger partial charge in [-0.3, -0.25) is 0 Å². The maximum absolute atomic E-state index is 6.49. The summed E-state index contributed by atoms with van der Waals surface area (Å²) in [5.74, 6) is 1.31. The molecule has 0 amide bonds. The second kappa shape index (κ2) is 5.95.